The van der Waals surface area contributed by atoms with Crippen molar-refractivity contribution in [2.24, 2.45) is 0 Å². The third-order valence-electron chi connectivity index (χ3n) is 12.2. The van der Waals surface area contributed by atoms with Gasteiger partial charge in [0.05, 0.1) is 11.0 Å². The van der Waals surface area contributed by atoms with Gasteiger partial charge in [-0.2, -0.15) is 0 Å². The van der Waals surface area contributed by atoms with E-state index in [1.165, 1.54) is 44.2 Å². The lowest BCUT2D eigenvalue weighted by Crippen LogP contribution is -2.10. The van der Waals surface area contributed by atoms with Crippen LogP contribution in [-0.2, 0) is 0 Å². The summed E-state index contributed by atoms with van der Waals surface area (Å²) in [5.41, 5.74) is 17.4. The van der Waals surface area contributed by atoms with Crippen molar-refractivity contribution >= 4 is 61.5 Å². The molecule has 0 aliphatic heterocycles. The van der Waals surface area contributed by atoms with E-state index in [1.807, 2.05) is 0 Å². The van der Waals surface area contributed by atoms with Crippen LogP contribution >= 0.6 is 0 Å². The number of nitrogens with zero attached hydrogens (tertiary/aromatic N) is 3. The Morgan fingerprint density at radius 2 is 0.778 bits per heavy atom. The summed E-state index contributed by atoms with van der Waals surface area (Å²) in [7, 11) is 0. The molecule has 0 N–H and O–H groups in total. The third kappa shape index (κ3) is 7.41. The number of anilines is 6. The summed E-state index contributed by atoms with van der Waals surface area (Å²) in [5.74, 6) is 0. The highest BCUT2D eigenvalue weighted by Crippen LogP contribution is 2.42. The number of hydrogen-bond acceptors (Lipinski definition) is 2. The van der Waals surface area contributed by atoms with Crippen LogP contribution in [-0.4, -0.2) is 4.57 Å². The van der Waals surface area contributed by atoms with Gasteiger partial charge < -0.3 is 14.4 Å². The van der Waals surface area contributed by atoms with Crippen LogP contribution in [0.5, 0.6) is 0 Å². The molecule has 0 radical (unpaired) electrons. The van der Waals surface area contributed by atoms with E-state index >= 15 is 0 Å². The normalized spacial score (nSPS) is 12.3. The lowest BCUT2D eigenvalue weighted by Gasteiger charge is -2.26. The quantitative estimate of drug-likeness (QED) is 0.136. The van der Waals surface area contributed by atoms with Crippen LogP contribution < -0.4 is 9.80 Å². The Balaban J connectivity index is 1.04. The van der Waals surface area contributed by atoms with E-state index in [-0.39, 0.29) is 0 Å². The van der Waals surface area contributed by atoms with E-state index in [1.54, 1.807) is 0 Å². The van der Waals surface area contributed by atoms with Crippen molar-refractivity contribution in [2.45, 2.75) is 12.8 Å². The molecule has 0 fully saturated rings. The molecule has 0 spiro atoms. The second kappa shape index (κ2) is 16.7. The summed E-state index contributed by atoms with van der Waals surface area (Å²) in [4.78, 5) is 4.70. The van der Waals surface area contributed by atoms with Gasteiger partial charge in [0.25, 0.3) is 0 Å². The standard InChI is InChI=1S/C60H45N3/c1-6-16-44(17-7-1)47-26-31-52(32-27-47)61(50-22-12-4-13-23-50)54-35-37-55(38-36-54)63-59-41-30-49(46-20-10-3-11-21-46)42-58(59)57-40-39-56(43-60(57)63)62(51-24-14-5-15-25-51)53-33-28-48(29-34-53)45-18-8-2-9-19-45/h2-6,8-43H,1,7H2. The molecule has 10 aromatic rings. The number of allylic oxidation sites excluding steroid dienone is 4. The zero-order valence-electron chi connectivity index (χ0n) is 34.9. The largest absolute Gasteiger partial charge is 0.311 e. The number of hydrogen-bond donors (Lipinski definition) is 0. The Kier molecular flexibility index (Phi) is 10.0. The Hall–Kier alpha value is -8.14. The Morgan fingerprint density at radius 3 is 1.35 bits per heavy atom. The highest BCUT2D eigenvalue weighted by atomic mass is 15.1. The number of rotatable bonds is 10. The van der Waals surface area contributed by atoms with Crippen LogP contribution in [0.3, 0.4) is 0 Å². The van der Waals surface area contributed by atoms with Crippen LogP contribution in [0.25, 0.3) is 55.3 Å². The first-order valence-corrected chi connectivity index (χ1v) is 21.8. The zero-order valence-corrected chi connectivity index (χ0v) is 34.9. The lowest BCUT2D eigenvalue weighted by molar-refractivity contribution is 1.04. The topological polar surface area (TPSA) is 11.4 Å². The molecule has 0 saturated carbocycles. The molecule has 1 aromatic heterocycles. The number of benzene rings is 9. The van der Waals surface area contributed by atoms with Crippen molar-refractivity contribution in [1.29, 1.82) is 0 Å². The second-order valence-corrected chi connectivity index (χ2v) is 16.1. The van der Waals surface area contributed by atoms with Gasteiger partial charge in [0, 0.05) is 50.6 Å². The Bertz CT molecular complexity index is 3220. The summed E-state index contributed by atoms with van der Waals surface area (Å²) in [6.07, 6.45) is 9.05. The molecule has 63 heavy (non-hydrogen) atoms. The maximum absolute atomic E-state index is 2.43. The first kappa shape index (κ1) is 37.8. The van der Waals surface area contributed by atoms with Gasteiger partial charge in [-0.25, -0.2) is 0 Å². The minimum Gasteiger partial charge on any atom is -0.311 e. The molecule has 0 unspecified atom stereocenters. The minimum atomic E-state index is 1.09. The van der Waals surface area contributed by atoms with Crippen molar-refractivity contribution in [3.8, 4) is 27.9 Å². The van der Waals surface area contributed by atoms with Crippen molar-refractivity contribution in [3.05, 3.63) is 254 Å². The molecule has 0 bridgehead atoms. The molecule has 3 nitrogen and oxygen atoms in total. The van der Waals surface area contributed by atoms with Gasteiger partial charge in [-0.3, -0.25) is 0 Å². The van der Waals surface area contributed by atoms with Crippen LogP contribution in [0.2, 0.25) is 0 Å². The first-order chi connectivity index (χ1) is 31.2. The smallest absolute Gasteiger partial charge is 0.0561 e. The van der Waals surface area contributed by atoms with E-state index in [9.17, 15) is 0 Å². The van der Waals surface area contributed by atoms with Gasteiger partial charge in [-0.05, 0) is 143 Å². The molecular formula is C60H45N3. The van der Waals surface area contributed by atoms with Gasteiger partial charge in [-0.15, -0.1) is 0 Å². The fourth-order valence-electron chi connectivity index (χ4n) is 9.10. The van der Waals surface area contributed by atoms with Crippen LogP contribution in [0, 0.1) is 0 Å². The lowest BCUT2D eigenvalue weighted by atomic mass is 9.99. The molecule has 300 valence electrons. The molecule has 9 aromatic carbocycles. The number of fused-ring (bicyclic) bond motifs is 3. The van der Waals surface area contributed by atoms with Crippen LogP contribution in [0.15, 0.2) is 249 Å². The molecule has 0 atom stereocenters. The van der Waals surface area contributed by atoms with Crippen molar-refractivity contribution < 1.29 is 0 Å². The van der Waals surface area contributed by atoms with Gasteiger partial charge in [-0.1, -0.05) is 152 Å². The highest BCUT2D eigenvalue weighted by molar-refractivity contribution is 6.11. The Labute approximate surface area is 369 Å². The third-order valence-corrected chi connectivity index (χ3v) is 12.2. The molecule has 1 heterocycles. The van der Waals surface area contributed by atoms with Crippen molar-refractivity contribution in [3.63, 3.8) is 0 Å². The molecule has 11 rings (SSSR count). The predicted octanol–water partition coefficient (Wildman–Crippen LogP) is 16.8. The van der Waals surface area contributed by atoms with Gasteiger partial charge in [0.2, 0.25) is 0 Å². The predicted molar refractivity (Wildman–Crippen MR) is 267 cm³/mol. The van der Waals surface area contributed by atoms with E-state index in [0.717, 1.165) is 63.7 Å². The molecular weight excluding hydrogens is 763 g/mol. The van der Waals surface area contributed by atoms with Gasteiger partial charge in [0.1, 0.15) is 0 Å². The molecule has 1 aliphatic rings. The van der Waals surface area contributed by atoms with E-state index in [4.69, 9.17) is 0 Å². The Morgan fingerprint density at radius 1 is 0.317 bits per heavy atom. The summed E-state index contributed by atoms with van der Waals surface area (Å²) in [6, 6.07) is 83.4. The summed E-state index contributed by atoms with van der Waals surface area (Å²) < 4.78 is 2.43. The first-order valence-electron chi connectivity index (χ1n) is 21.8. The van der Waals surface area contributed by atoms with E-state index < -0.39 is 0 Å². The molecule has 1 aliphatic carbocycles. The maximum atomic E-state index is 2.43. The molecule has 0 saturated heterocycles. The number of para-hydroxylation sites is 2. The molecule has 3 heteroatoms. The number of aromatic nitrogens is 1. The monoisotopic (exact) mass is 807 g/mol. The SMILES string of the molecule is C1=CC(c2ccc(N(c3ccccc3)c3ccc(-n4c5ccc(-c6ccccc6)cc5c5ccc(N(c6ccccc6)c6ccc(-c7ccccc7)cc6)cc54)cc3)cc2)=CCC1. The van der Waals surface area contributed by atoms with E-state index in [2.05, 4.69) is 263 Å². The van der Waals surface area contributed by atoms with Crippen molar-refractivity contribution in [1.82, 2.24) is 4.57 Å². The summed E-state index contributed by atoms with van der Waals surface area (Å²) in [5, 5.41) is 2.42. The maximum Gasteiger partial charge on any atom is 0.0561 e. The van der Waals surface area contributed by atoms with Crippen molar-refractivity contribution in [2.75, 3.05) is 9.80 Å². The minimum absolute atomic E-state index is 1.09. The average Bonchev–Trinajstić information content (AvgIpc) is 3.69. The van der Waals surface area contributed by atoms with Crippen LogP contribution in [0.1, 0.15) is 18.4 Å². The summed E-state index contributed by atoms with van der Waals surface area (Å²) in [6.45, 7) is 0. The fourth-order valence-corrected chi connectivity index (χ4v) is 9.10. The average molecular weight is 808 g/mol. The molecule has 0 amide bonds. The van der Waals surface area contributed by atoms with Crippen LogP contribution in [0.4, 0.5) is 34.1 Å². The van der Waals surface area contributed by atoms with E-state index in [0.29, 0.717) is 0 Å². The second-order valence-electron chi connectivity index (χ2n) is 16.1. The van der Waals surface area contributed by atoms with Gasteiger partial charge in [0.15, 0.2) is 0 Å². The zero-order chi connectivity index (χ0) is 42.0. The fraction of sp³-hybridized carbons (Fsp3) is 0.0333. The highest BCUT2D eigenvalue weighted by Gasteiger charge is 2.20. The van der Waals surface area contributed by atoms with Gasteiger partial charge >= 0.3 is 0 Å². The summed E-state index contributed by atoms with van der Waals surface area (Å²) >= 11 is 0.